The normalized spacial score (nSPS) is 20.6. The van der Waals surface area contributed by atoms with Crippen molar-refractivity contribution >= 4 is 44.6 Å². The number of fused-ring (bicyclic) bond motifs is 3. The minimum absolute atomic E-state index is 0.0609. The van der Waals surface area contributed by atoms with E-state index < -0.39 is 0 Å². The van der Waals surface area contributed by atoms with Crippen LogP contribution in [0.3, 0.4) is 0 Å². The predicted octanol–water partition coefficient (Wildman–Crippen LogP) is 3.62. The number of carbonyl (C=O) groups excluding carboxylic acids is 1. The second kappa shape index (κ2) is 8.22. The average molecular weight is 462 g/mol. The Bertz CT molecular complexity index is 1190. The molecule has 31 heavy (non-hydrogen) atoms. The molecule has 1 saturated heterocycles. The lowest BCUT2D eigenvalue weighted by molar-refractivity contribution is -0.123. The maximum Gasteiger partial charge on any atom is 0.291 e. The highest BCUT2D eigenvalue weighted by molar-refractivity contribution is 7.22. The van der Waals surface area contributed by atoms with Crippen LogP contribution in [-0.2, 0) is 11.3 Å². The van der Waals surface area contributed by atoms with Gasteiger partial charge in [-0.05, 0) is 44.4 Å². The van der Waals surface area contributed by atoms with Gasteiger partial charge in [0.15, 0.2) is 0 Å². The highest BCUT2D eigenvalue weighted by atomic mass is 35.5. The summed E-state index contributed by atoms with van der Waals surface area (Å²) in [6, 6.07) is 4.55. The molecule has 1 amide bonds. The molecule has 0 radical (unpaired) electrons. The molecule has 0 bridgehead atoms. The summed E-state index contributed by atoms with van der Waals surface area (Å²) >= 11 is 7.61. The molecular formula is C22H28ClN5O2S. The molecule has 0 unspecified atom stereocenters. The van der Waals surface area contributed by atoms with Crippen molar-refractivity contribution in [2.75, 3.05) is 13.1 Å². The summed E-state index contributed by atoms with van der Waals surface area (Å²) in [5.41, 5.74) is 0.289. The number of aromatic nitrogens is 3. The number of likely N-dealkylation sites (tertiary alicyclic amines) is 1. The molecule has 1 saturated carbocycles. The summed E-state index contributed by atoms with van der Waals surface area (Å²) < 4.78 is 3.89. The largest absolute Gasteiger partial charge is 0.350 e. The Balaban J connectivity index is 1.39. The van der Waals surface area contributed by atoms with Gasteiger partial charge in [0.25, 0.3) is 5.56 Å². The fraction of sp³-hybridized carbons (Fsp3) is 0.591. The van der Waals surface area contributed by atoms with E-state index in [4.69, 9.17) is 11.6 Å². The molecule has 7 nitrogen and oxygen atoms in total. The molecule has 5 rings (SSSR count). The lowest BCUT2D eigenvalue weighted by Crippen LogP contribution is -2.53. The molecular weight excluding hydrogens is 434 g/mol. The van der Waals surface area contributed by atoms with Gasteiger partial charge in [-0.1, -0.05) is 31.9 Å². The topological polar surface area (TPSA) is 71.6 Å². The van der Waals surface area contributed by atoms with Crippen LogP contribution in [-0.4, -0.2) is 50.2 Å². The van der Waals surface area contributed by atoms with Gasteiger partial charge >= 0.3 is 0 Å². The summed E-state index contributed by atoms with van der Waals surface area (Å²) in [6.45, 7) is 6.05. The van der Waals surface area contributed by atoms with Crippen LogP contribution in [0.25, 0.3) is 15.7 Å². The standard InChI is InChI=1S/C22H28ClN5O2S/c1-13(2)20-25-27(21(30)17-9-14-10-18(23)31-22(14)28(17)20)12-19(29)24-15-5-4-8-26(11-15)16-6-3-7-16/h9-10,13,15-16H,3-8,11-12H2,1-2H3,(H,24,29)/t15-/m1/s1. The van der Waals surface area contributed by atoms with Crippen molar-refractivity contribution in [2.24, 2.45) is 0 Å². The van der Waals surface area contributed by atoms with Gasteiger partial charge in [-0.15, -0.1) is 11.3 Å². The van der Waals surface area contributed by atoms with Gasteiger partial charge in [-0.3, -0.25) is 18.9 Å². The quantitative estimate of drug-likeness (QED) is 0.629. The number of thiophene rings is 1. The van der Waals surface area contributed by atoms with Crippen molar-refractivity contribution in [3.05, 3.63) is 32.6 Å². The first-order chi connectivity index (χ1) is 14.9. The Morgan fingerprint density at radius 1 is 1.29 bits per heavy atom. The first kappa shape index (κ1) is 21.0. The van der Waals surface area contributed by atoms with Crippen LogP contribution >= 0.6 is 22.9 Å². The number of amides is 1. The number of hydrogen-bond donors (Lipinski definition) is 1. The number of hydrogen-bond acceptors (Lipinski definition) is 5. The van der Waals surface area contributed by atoms with E-state index in [1.165, 1.54) is 35.3 Å². The van der Waals surface area contributed by atoms with E-state index in [-0.39, 0.29) is 30.0 Å². The highest BCUT2D eigenvalue weighted by Gasteiger charge is 2.30. The van der Waals surface area contributed by atoms with Crippen LogP contribution in [0.1, 0.15) is 57.7 Å². The Hall–Kier alpha value is -1.90. The fourth-order valence-corrected chi connectivity index (χ4v) is 6.02. The molecule has 2 fully saturated rings. The molecule has 1 aliphatic carbocycles. The molecule has 3 aromatic heterocycles. The number of halogens is 1. The molecule has 0 spiro atoms. The first-order valence-corrected chi connectivity index (χ1v) is 12.3. The van der Waals surface area contributed by atoms with E-state index in [1.807, 2.05) is 30.4 Å². The summed E-state index contributed by atoms with van der Waals surface area (Å²) in [6.07, 6.45) is 5.96. The van der Waals surface area contributed by atoms with E-state index in [2.05, 4.69) is 15.3 Å². The van der Waals surface area contributed by atoms with Crippen LogP contribution in [0.4, 0.5) is 0 Å². The zero-order valence-electron chi connectivity index (χ0n) is 17.9. The molecule has 1 aliphatic heterocycles. The Morgan fingerprint density at radius 2 is 2.10 bits per heavy atom. The zero-order valence-corrected chi connectivity index (χ0v) is 19.5. The SMILES string of the molecule is CC(C)c1nn(CC(=O)N[C@@H]2CCCN(C3CCC3)C2)c(=O)c2cc3cc(Cl)sc3n12. The van der Waals surface area contributed by atoms with Crippen molar-refractivity contribution in [3.63, 3.8) is 0 Å². The second-order valence-electron chi connectivity index (χ2n) is 9.14. The van der Waals surface area contributed by atoms with E-state index in [1.54, 1.807) is 0 Å². The molecule has 2 aliphatic rings. The van der Waals surface area contributed by atoms with Crippen LogP contribution in [0.2, 0.25) is 4.34 Å². The second-order valence-corrected chi connectivity index (χ2v) is 10.8. The van der Waals surface area contributed by atoms with Gasteiger partial charge in [-0.25, -0.2) is 4.68 Å². The minimum Gasteiger partial charge on any atom is -0.350 e. The molecule has 1 N–H and O–H groups in total. The zero-order chi connectivity index (χ0) is 21.7. The molecule has 9 heteroatoms. The van der Waals surface area contributed by atoms with Crippen LogP contribution in [0.5, 0.6) is 0 Å². The lowest BCUT2D eigenvalue weighted by atomic mass is 9.89. The maximum atomic E-state index is 13.1. The highest BCUT2D eigenvalue weighted by Crippen LogP contribution is 2.33. The number of nitrogens with zero attached hydrogens (tertiary/aromatic N) is 4. The average Bonchev–Trinajstić information content (AvgIpc) is 3.19. The molecule has 4 heterocycles. The summed E-state index contributed by atoms with van der Waals surface area (Å²) in [4.78, 5) is 29.4. The molecule has 3 aromatic rings. The van der Waals surface area contributed by atoms with Crippen LogP contribution in [0, 0.1) is 0 Å². The fourth-order valence-electron chi connectivity index (χ4n) is 4.79. The van der Waals surface area contributed by atoms with Crippen molar-refractivity contribution in [1.29, 1.82) is 0 Å². The van der Waals surface area contributed by atoms with E-state index in [0.717, 1.165) is 42.0 Å². The minimum atomic E-state index is -0.251. The summed E-state index contributed by atoms with van der Waals surface area (Å²) in [5, 5.41) is 8.67. The van der Waals surface area contributed by atoms with Gasteiger partial charge in [0, 0.05) is 29.9 Å². The third-order valence-corrected chi connectivity index (χ3v) is 7.84. The summed E-state index contributed by atoms with van der Waals surface area (Å²) in [7, 11) is 0. The molecule has 166 valence electrons. The van der Waals surface area contributed by atoms with E-state index in [0.29, 0.717) is 15.9 Å². The van der Waals surface area contributed by atoms with Crippen molar-refractivity contribution in [1.82, 2.24) is 24.4 Å². The van der Waals surface area contributed by atoms with Crippen LogP contribution in [0.15, 0.2) is 16.9 Å². The Kier molecular flexibility index (Phi) is 5.56. The molecule has 0 aromatic carbocycles. The number of rotatable bonds is 5. The smallest absolute Gasteiger partial charge is 0.291 e. The van der Waals surface area contributed by atoms with Gasteiger partial charge in [-0.2, -0.15) is 5.10 Å². The van der Waals surface area contributed by atoms with Gasteiger partial charge in [0.05, 0.1) is 4.34 Å². The lowest BCUT2D eigenvalue weighted by Gasteiger charge is -2.42. The van der Waals surface area contributed by atoms with Gasteiger partial charge < -0.3 is 5.32 Å². The predicted molar refractivity (Wildman–Crippen MR) is 124 cm³/mol. The third-order valence-electron chi connectivity index (χ3n) is 6.57. The first-order valence-electron chi connectivity index (χ1n) is 11.2. The molecule has 1 atom stereocenters. The number of carbonyl (C=O) groups is 1. The van der Waals surface area contributed by atoms with Crippen molar-refractivity contribution in [3.8, 4) is 0 Å². The Morgan fingerprint density at radius 3 is 2.81 bits per heavy atom. The van der Waals surface area contributed by atoms with E-state index in [9.17, 15) is 9.59 Å². The van der Waals surface area contributed by atoms with Gasteiger partial charge in [0.1, 0.15) is 22.7 Å². The van der Waals surface area contributed by atoms with Gasteiger partial charge in [0.2, 0.25) is 5.91 Å². The van der Waals surface area contributed by atoms with Crippen molar-refractivity contribution in [2.45, 2.75) is 70.5 Å². The maximum absolute atomic E-state index is 13.1. The number of piperidine rings is 1. The monoisotopic (exact) mass is 461 g/mol. The van der Waals surface area contributed by atoms with Crippen LogP contribution < -0.4 is 10.9 Å². The summed E-state index contributed by atoms with van der Waals surface area (Å²) in [5.74, 6) is 0.693. The third kappa shape index (κ3) is 3.90. The Labute approximate surface area is 190 Å². The van der Waals surface area contributed by atoms with E-state index >= 15 is 0 Å². The number of nitrogens with one attached hydrogen (secondary N) is 1. The van der Waals surface area contributed by atoms with Crippen molar-refractivity contribution < 1.29 is 4.79 Å².